The van der Waals surface area contributed by atoms with Crippen molar-refractivity contribution < 1.29 is 14.6 Å². The van der Waals surface area contributed by atoms with Gasteiger partial charge in [0.2, 0.25) is 0 Å². The van der Waals surface area contributed by atoms with Gasteiger partial charge in [0.25, 0.3) is 0 Å². The molecule has 4 heteroatoms. The molecule has 3 nitrogen and oxygen atoms in total. The van der Waals surface area contributed by atoms with Crippen LogP contribution in [0.3, 0.4) is 0 Å². The van der Waals surface area contributed by atoms with Gasteiger partial charge < -0.3 is 9.84 Å². The van der Waals surface area contributed by atoms with E-state index in [0.29, 0.717) is 0 Å². The Kier molecular flexibility index (Phi) is 25.7. The molecule has 0 aliphatic carbocycles. The zero-order valence-corrected chi connectivity index (χ0v) is 5.88. The predicted octanol–water partition coefficient (Wildman–Crippen LogP) is -0.138. The molecule has 1 N–H and O–H groups in total. The van der Waals surface area contributed by atoms with Crippen molar-refractivity contribution in [2.45, 2.75) is 0 Å². The maximum absolute atomic E-state index is 10.1. The van der Waals surface area contributed by atoms with E-state index < -0.39 is 12.6 Å². The van der Waals surface area contributed by atoms with Crippen molar-refractivity contribution >= 4 is 35.5 Å². The van der Waals surface area contributed by atoms with Crippen LogP contribution in [-0.2, 0) is 9.53 Å². The Labute approximate surface area is 89.0 Å². The molecule has 0 saturated carbocycles. The molecule has 0 aromatic carbocycles. The Morgan fingerprint density at radius 3 is 2.27 bits per heavy atom. The van der Waals surface area contributed by atoms with Gasteiger partial charge in [-0.3, -0.25) is 0 Å². The molecule has 0 rings (SSSR count). The minimum absolute atomic E-state index is 0. The summed E-state index contributed by atoms with van der Waals surface area (Å²) in [6, 6.07) is 0. The molecule has 0 aliphatic heterocycles. The van der Waals surface area contributed by atoms with Crippen molar-refractivity contribution in [2.24, 2.45) is 0 Å². The van der Waals surface area contributed by atoms with Crippen molar-refractivity contribution in [3.05, 3.63) is 25.8 Å². The predicted molar refractivity (Wildman–Crippen MR) is 46.6 cm³/mol. The number of aliphatic hydroxyl groups excluding tert-OH is 1. The molecular weight excluding hydrogens is 155 g/mol. The Hall–Kier alpha value is -0.0900. The van der Waals surface area contributed by atoms with Gasteiger partial charge in [0.05, 0.1) is 0 Å². The van der Waals surface area contributed by atoms with Gasteiger partial charge in [-0.15, -0.1) is 13.2 Å². The van der Waals surface area contributed by atoms with Crippen LogP contribution >= 0.6 is 0 Å². The summed E-state index contributed by atoms with van der Waals surface area (Å²) >= 11 is 0. The Bertz CT molecular complexity index is 104. The average molecular weight is 168 g/mol. The second-order valence-corrected chi connectivity index (χ2v) is 1.13. The molecule has 0 saturated heterocycles. The summed E-state index contributed by atoms with van der Waals surface area (Å²) in [5.41, 5.74) is 0. The topological polar surface area (TPSA) is 46.5 Å². The van der Waals surface area contributed by atoms with Crippen LogP contribution in [0.5, 0.6) is 0 Å². The van der Waals surface area contributed by atoms with E-state index in [0.717, 1.165) is 0 Å². The van der Waals surface area contributed by atoms with Crippen LogP contribution in [0.2, 0.25) is 0 Å². The molecule has 0 bridgehead atoms. The van der Waals surface area contributed by atoms with Crippen molar-refractivity contribution in [1.82, 2.24) is 0 Å². The number of ether oxygens (including phenoxy) is 1. The number of hydrogen-bond acceptors (Lipinski definition) is 3. The van der Waals surface area contributed by atoms with E-state index in [1.165, 1.54) is 6.08 Å². The zero-order chi connectivity index (χ0) is 8.41. The fourth-order valence-electron chi connectivity index (χ4n) is 0.198. The molecule has 0 fully saturated rings. The van der Waals surface area contributed by atoms with Crippen LogP contribution in [0.1, 0.15) is 0 Å². The molecule has 0 amide bonds. The molecule has 60 valence electrons. The zero-order valence-electron chi connectivity index (χ0n) is 5.88. The number of carbonyl (C=O) groups excluding carboxylic acids is 1. The number of aliphatic hydroxyl groups is 1. The van der Waals surface area contributed by atoms with E-state index in [-0.39, 0.29) is 36.2 Å². The van der Waals surface area contributed by atoms with Crippen molar-refractivity contribution in [3.8, 4) is 0 Å². The molecule has 0 aromatic rings. The van der Waals surface area contributed by atoms with Gasteiger partial charge in [0.1, 0.15) is 13.2 Å². The molecule has 0 aliphatic rings. The molecule has 0 atom stereocenters. The molecule has 11 heavy (non-hydrogen) atoms. The van der Waals surface area contributed by atoms with Gasteiger partial charge in [0.15, 0.2) is 0 Å². The Morgan fingerprint density at radius 1 is 1.55 bits per heavy atom. The van der Waals surface area contributed by atoms with Gasteiger partial charge in [-0.2, -0.15) is 0 Å². The van der Waals surface area contributed by atoms with E-state index in [2.05, 4.69) is 24.5 Å². The monoisotopic (exact) mass is 168 g/mol. The van der Waals surface area contributed by atoms with Gasteiger partial charge in [-0.25, -0.2) is 4.79 Å². The van der Waals surface area contributed by atoms with Crippen molar-refractivity contribution in [1.29, 1.82) is 0 Å². The second kappa shape index (κ2) is 16.5. The van der Waals surface area contributed by atoms with E-state index in [4.69, 9.17) is 5.11 Å². The Morgan fingerprint density at radius 2 is 2.00 bits per heavy atom. The number of carbonyl (C=O) groups is 1. The third kappa shape index (κ3) is 17.8. The summed E-state index contributed by atoms with van der Waals surface area (Å²) in [4.78, 5) is 10.1. The van der Waals surface area contributed by atoms with Crippen LogP contribution in [0, 0.1) is 0 Å². The summed E-state index contributed by atoms with van der Waals surface area (Å²) < 4.78 is 4.33. The summed E-state index contributed by atoms with van der Waals surface area (Å²) in [7, 11) is 0. The molecule has 0 heterocycles. The first-order valence-electron chi connectivity index (χ1n) is 2.68. The van der Waals surface area contributed by atoms with E-state index in [1.54, 1.807) is 0 Å². The van der Waals surface area contributed by atoms with E-state index in [1.807, 2.05) is 0 Å². The molecule has 0 spiro atoms. The van der Waals surface area contributed by atoms with Crippen LogP contribution in [0.15, 0.2) is 25.8 Å². The summed E-state index contributed by atoms with van der Waals surface area (Å²) in [5.74, 6) is -0.620. The number of esters is 1. The fourth-order valence-corrected chi connectivity index (χ4v) is 0.198. The van der Waals surface area contributed by atoms with E-state index >= 15 is 0 Å². The van der Waals surface area contributed by atoms with Crippen molar-refractivity contribution in [3.63, 3.8) is 0 Å². The van der Waals surface area contributed by atoms with Gasteiger partial charge in [-0.1, -0.05) is 12.7 Å². The summed E-state index contributed by atoms with van der Waals surface area (Å²) in [5, 5.41) is 8.05. The molecule has 0 aromatic heterocycles. The van der Waals surface area contributed by atoms with Crippen LogP contribution in [0.25, 0.3) is 0 Å². The van der Waals surface area contributed by atoms with Crippen LogP contribution in [0.4, 0.5) is 0 Å². The Balaban J connectivity index is -0.000000196. The summed E-state index contributed by atoms with van der Waals surface area (Å²) in [6.07, 6.45) is 1.44. The first kappa shape index (κ1) is 17.1. The fraction of sp³-hybridized carbons (Fsp3) is 0.286. The molecular formula is C7H13NaO3. The molecule has 0 radical (unpaired) electrons. The standard InChI is InChI=1S/C5H8O3.C2H4.Na.H/c1-2-3-8-5(7)4-6;1-2;;/h2,6H,1,3-4H2;1-2H2;;. The van der Waals surface area contributed by atoms with E-state index in [9.17, 15) is 4.79 Å². The SMILES string of the molecule is C=C.C=CCOC(=O)CO.[NaH]. The minimum atomic E-state index is -0.620. The summed E-state index contributed by atoms with van der Waals surface area (Å²) in [6.45, 7) is 8.91. The van der Waals surface area contributed by atoms with Crippen LogP contribution < -0.4 is 0 Å². The quantitative estimate of drug-likeness (QED) is 0.362. The third-order valence-corrected chi connectivity index (χ3v) is 0.491. The first-order valence-corrected chi connectivity index (χ1v) is 2.68. The normalized spacial score (nSPS) is 6.27. The number of hydrogen-bond donors (Lipinski definition) is 1. The maximum atomic E-state index is 10.1. The van der Waals surface area contributed by atoms with Crippen molar-refractivity contribution in [2.75, 3.05) is 13.2 Å². The average Bonchev–Trinajstić information content (AvgIpc) is 2.04. The first-order chi connectivity index (χ1) is 4.81. The van der Waals surface area contributed by atoms with Crippen LogP contribution in [-0.4, -0.2) is 53.8 Å². The van der Waals surface area contributed by atoms with Gasteiger partial charge >= 0.3 is 35.5 Å². The second-order valence-electron chi connectivity index (χ2n) is 1.13. The number of rotatable bonds is 3. The van der Waals surface area contributed by atoms with Gasteiger partial charge in [0, 0.05) is 0 Å². The van der Waals surface area contributed by atoms with Gasteiger partial charge in [-0.05, 0) is 0 Å². The molecule has 0 unspecified atom stereocenters. The third-order valence-electron chi connectivity index (χ3n) is 0.491.